The second kappa shape index (κ2) is 7.15. The number of imide groups is 1. The van der Waals surface area contributed by atoms with Gasteiger partial charge in [0.15, 0.2) is 0 Å². The molecular weight excluding hydrogens is 250 g/mol. The molecule has 1 atom stereocenters. The van der Waals surface area contributed by atoms with E-state index in [4.69, 9.17) is 5.11 Å². The summed E-state index contributed by atoms with van der Waals surface area (Å²) in [5.41, 5.74) is 0. The number of rotatable bonds is 1. The Morgan fingerprint density at radius 3 is 2.00 bits per heavy atom. The van der Waals surface area contributed by atoms with E-state index in [1.807, 2.05) is 36.4 Å². The molecule has 1 aliphatic rings. The van der Waals surface area contributed by atoms with E-state index in [2.05, 4.69) is 4.74 Å². The minimum absolute atomic E-state index is 0.114. The normalized spacial score (nSPS) is 17.4. The van der Waals surface area contributed by atoms with Crippen molar-refractivity contribution in [2.75, 3.05) is 13.7 Å². The van der Waals surface area contributed by atoms with Crippen molar-refractivity contribution in [2.24, 2.45) is 5.92 Å². The van der Waals surface area contributed by atoms with Gasteiger partial charge in [-0.1, -0.05) is 36.4 Å². The number of nitrogens with zero attached hydrogens (tertiary/aromatic N) is 1. The van der Waals surface area contributed by atoms with E-state index in [-0.39, 0.29) is 13.0 Å². The Kier molecular flexibility index (Phi) is 5.53. The average molecular weight is 265 g/mol. The van der Waals surface area contributed by atoms with E-state index in [0.29, 0.717) is 0 Å². The van der Waals surface area contributed by atoms with Crippen molar-refractivity contribution in [1.29, 1.82) is 0 Å². The fourth-order valence-electron chi connectivity index (χ4n) is 1.59. The maximum atomic E-state index is 11.2. The molecule has 1 N–H and O–H groups in total. The fourth-order valence-corrected chi connectivity index (χ4v) is 1.59. The Morgan fingerprint density at radius 2 is 1.68 bits per heavy atom. The van der Waals surface area contributed by atoms with Crippen LogP contribution in [0.4, 0.5) is 4.79 Å². The van der Waals surface area contributed by atoms with E-state index in [1.54, 1.807) is 0 Å². The molecule has 102 valence electrons. The summed E-state index contributed by atoms with van der Waals surface area (Å²) in [6.45, 7) is 0.114. The molecule has 2 rings (SSSR count). The molecule has 1 aromatic rings. The zero-order chi connectivity index (χ0) is 14.3. The molecule has 2 amide bonds. The van der Waals surface area contributed by atoms with Gasteiger partial charge in [0.05, 0.1) is 7.11 Å². The van der Waals surface area contributed by atoms with Gasteiger partial charge in [-0.05, 0) is 6.42 Å². The van der Waals surface area contributed by atoms with E-state index in [1.165, 1.54) is 0 Å². The number of hydrogen-bond acceptors (Lipinski definition) is 4. The van der Waals surface area contributed by atoms with Crippen LogP contribution in [0.3, 0.4) is 0 Å². The number of carboxylic acid groups (broad SMARTS) is 1. The zero-order valence-electron chi connectivity index (χ0n) is 10.5. The highest BCUT2D eigenvalue weighted by atomic mass is 16.5. The number of aliphatic carboxylic acids is 1. The van der Waals surface area contributed by atoms with Crippen LogP contribution < -0.4 is 0 Å². The number of amides is 2. The summed E-state index contributed by atoms with van der Waals surface area (Å²) in [7, 11) is 1.14. The topological polar surface area (TPSA) is 83.9 Å². The van der Waals surface area contributed by atoms with Crippen LogP contribution >= 0.6 is 0 Å². The van der Waals surface area contributed by atoms with Gasteiger partial charge in [-0.2, -0.15) is 0 Å². The van der Waals surface area contributed by atoms with Gasteiger partial charge < -0.3 is 9.84 Å². The van der Waals surface area contributed by atoms with Gasteiger partial charge in [0.25, 0.3) is 0 Å². The van der Waals surface area contributed by atoms with Crippen molar-refractivity contribution in [3.05, 3.63) is 36.4 Å². The lowest BCUT2D eigenvalue weighted by atomic mass is 10.1. The van der Waals surface area contributed by atoms with E-state index < -0.39 is 23.9 Å². The van der Waals surface area contributed by atoms with Crippen molar-refractivity contribution < 1.29 is 24.2 Å². The van der Waals surface area contributed by atoms with E-state index in [0.717, 1.165) is 12.0 Å². The minimum atomic E-state index is -1.20. The van der Waals surface area contributed by atoms with Gasteiger partial charge in [0.1, 0.15) is 5.92 Å². The van der Waals surface area contributed by atoms with Crippen molar-refractivity contribution in [1.82, 2.24) is 4.90 Å². The van der Waals surface area contributed by atoms with Gasteiger partial charge in [-0.15, -0.1) is 0 Å². The molecule has 1 aliphatic heterocycles. The maximum Gasteiger partial charge on any atom is 0.416 e. The third-order valence-electron chi connectivity index (χ3n) is 2.57. The molecule has 19 heavy (non-hydrogen) atoms. The highest BCUT2D eigenvalue weighted by Gasteiger charge is 2.40. The molecule has 6 heteroatoms. The smallest absolute Gasteiger partial charge is 0.416 e. The summed E-state index contributed by atoms with van der Waals surface area (Å²) in [6, 6.07) is 12.0. The lowest BCUT2D eigenvalue weighted by Gasteiger charge is -2.11. The number of carboxylic acids is 1. The van der Waals surface area contributed by atoms with Crippen molar-refractivity contribution in [2.45, 2.75) is 6.42 Å². The lowest BCUT2D eigenvalue weighted by Crippen LogP contribution is -2.35. The molecule has 1 fully saturated rings. The predicted octanol–water partition coefficient (Wildman–Crippen LogP) is 1.37. The Hall–Kier alpha value is -2.37. The largest absolute Gasteiger partial charge is 0.481 e. The predicted molar refractivity (Wildman–Crippen MR) is 66.3 cm³/mol. The van der Waals surface area contributed by atoms with Crippen LogP contribution in [0.1, 0.15) is 6.42 Å². The number of carbonyl (C=O) groups excluding carboxylic acids is 2. The summed E-state index contributed by atoms with van der Waals surface area (Å²) in [5, 5.41) is 8.56. The van der Waals surface area contributed by atoms with Crippen LogP contribution in [0.5, 0.6) is 0 Å². The molecule has 0 spiro atoms. The van der Waals surface area contributed by atoms with Gasteiger partial charge in [-0.25, -0.2) is 9.69 Å². The molecule has 0 aromatic heterocycles. The van der Waals surface area contributed by atoms with Crippen LogP contribution in [0, 0.1) is 5.92 Å². The average Bonchev–Trinajstić information content (AvgIpc) is 2.82. The molecule has 1 unspecified atom stereocenters. The molecule has 0 saturated carbocycles. The number of benzene rings is 1. The Bertz CT molecular complexity index is 419. The highest BCUT2D eigenvalue weighted by molar-refractivity contribution is 6.04. The van der Waals surface area contributed by atoms with Crippen molar-refractivity contribution in [3.63, 3.8) is 0 Å². The maximum absolute atomic E-state index is 11.2. The number of carbonyl (C=O) groups is 3. The van der Waals surface area contributed by atoms with Gasteiger partial charge in [0, 0.05) is 6.54 Å². The summed E-state index contributed by atoms with van der Waals surface area (Å²) in [6.07, 6.45) is -0.641. The third kappa shape index (κ3) is 4.09. The lowest BCUT2D eigenvalue weighted by molar-refractivity contribution is -0.146. The number of methoxy groups -OCH3 is 1. The zero-order valence-corrected chi connectivity index (χ0v) is 10.5. The molecular formula is C13H15NO5. The quantitative estimate of drug-likeness (QED) is 0.775. The first-order chi connectivity index (χ1) is 9.07. The molecule has 0 aliphatic carbocycles. The van der Waals surface area contributed by atoms with Crippen LogP contribution in [0.25, 0.3) is 0 Å². The molecule has 1 saturated heterocycles. The molecule has 0 bridgehead atoms. The van der Waals surface area contributed by atoms with Gasteiger partial charge >= 0.3 is 12.1 Å². The van der Waals surface area contributed by atoms with Gasteiger partial charge in [0.2, 0.25) is 5.91 Å². The monoisotopic (exact) mass is 265 g/mol. The number of hydrogen-bond donors (Lipinski definition) is 1. The van der Waals surface area contributed by atoms with Crippen LogP contribution in [0.2, 0.25) is 0 Å². The second-order valence-electron chi connectivity index (χ2n) is 3.79. The molecule has 0 radical (unpaired) electrons. The standard InChI is InChI=1S/C7H9NO5.C6H6/c1-13-7(12)8-3-2-4(5(8)9)6(10)11;1-2-4-6-5-3-1/h4H,2-3H2,1H3,(H,10,11);1-6H. The Balaban J connectivity index is 0.000000250. The molecule has 1 aromatic carbocycles. The molecule has 1 heterocycles. The third-order valence-corrected chi connectivity index (χ3v) is 2.57. The van der Waals surface area contributed by atoms with E-state index in [9.17, 15) is 14.4 Å². The van der Waals surface area contributed by atoms with Crippen LogP contribution in [0.15, 0.2) is 36.4 Å². The highest BCUT2D eigenvalue weighted by Crippen LogP contribution is 2.18. The molecule has 6 nitrogen and oxygen atoms in total. The number of likely N-dealkylation sites (tertiary alicyclic amines) is 1. The van der Waals surface area contributed by atoms with Crippen molar-refractivity contribution >= 4 is 18.0 Å². The minimum Gasteiger partial charge on any atom is -0.481 e. The summed E-state index contributed by atoms with van der Waals surface area (Å²) >= 11 is 0. The Morgan fingerprint density at radius 1 is 1.21 bits per heavy atom. The number of ether oxygens (including phenoxy) is 1. The van der Waals surface area contributed by atoms with E-state index >= 15 is 0 Å². The first kappa shape index (κ1) is 14.7. The second-order valence-corrected chi connectivity index (χ2v) is 3.79. The summed E-state index contributed by atoms with van der Waals surface area (Å²) < 4.78 is 4.31. The van der Waals surface area contributed by atoms with Gasteiger partial charge in [-0.3, -0.25) is 9.59 Å². The van der Waals surface area contributed by atoms with Crippen LogP contribution in [-0.2, 0) is 14.3 Å². The summed E-state index contributed by atoms with van der Waals surface area (Å²) in [5.74, 6) is -2.99. The summed E-state index contributed by atoms with van der Waals surface area (Å²) in [4.78, 5) is 33.3. The first-order valence-corrected chi connectivity index (χ1v) is 5.70. The first-order valence-electron chi connectivity index (χ1n) is 5.70. The Labute approximate surface area is 110 Å². The SMILES string of the molecule is COC(=O)N1CCC(C(=O)O)C1=O.c1ccccc1. The van der Waals surface area contributed by atoms with Crippen molar-refractivity contribution in [3.8, 4) is 0 Å². The van der Waals surface area contributed by atoms with Crippen LogP contribution in [-0.4, -0.2) is 41.6 Å². The fraction of sp³-hybridized carbons (Fsp3) is 0.308.